The van der Waals surface area contributed by atoms with E-state index in [-0.39, 0.29) is 12.4 Å². The van der Waals surface area contributed by atoms with Crippen LogP contribution in [0.2, 0.25) is 5.02 Å². The summed E-state index contributed by atoms with van der Waals surface area (Å²) in [7, 11) is 0. The van der Waals surface area contributed by atoms with Crippen molar-refractivity contribution in [2.24, 2.45) is 4.99 Å². The number of nitrogens with zero attached hydrogens (tertiary/aromatic N) is 2. The Kier molecular flexibility index (Phi) is 4.91. The van der Waals surface area contributed by atoms with E-state index in [4.69, 9.17) is 16.3 Å². The van der Waals surface area contributed by atoms with Gasteiger partial charge in [0.2, 0.25) is 11.5 Å². The number of esters is 1. The van der Waals surface area contributed by atoms with Crippen LogP contribution in [0.15, 0.2) is 58.9 Å². The zero-order valence-electron chi connectivity index (χ0n) is 15.6. The molecule has 144 valence electrons. The molecule has 0 amide bonds. The number of amidine groups is 1. The van der Waals surface area contributed by atoms with Crippen LogP contribution < -0.4 is 9.80 Å². The Hall–Kier alpha value is -2.70. The average molecular weight is 401 g/mol. The fraction of sp³-hybridized carbons (Fsp3) is 0.238. The lowest BCUT2D eigenvalue weighted by atomic mass is 10.1. The first kappa shape index (κ1) is 18.7. The summed E-state index contributed by atoms with van der Waals surface area (Å²) in [4.78, 5) is 19.8. The molecule has 4 rings (SSSR count). The van der Waals surface area contributed by atoms with E-state index in [0.29, 0.717) is 29.5 Å². The van der Waals surface area contributed by atoms with Gasteiger partial charge in [0, 0.05) is 30.1 Å². The van der Waals surface area contributed by atoms with Crippen LogP contribution in [-0.4, -0.2) is 25.0 Å². The minimum atomic E-state index is -0.460. The third kappa shape index (κ3) is 3.19. The molecule has 0 saturated heterocycles. The van der Waals surface area contributed by atoms with Crippen molar-refractivity contribution < 1.29 is 18.8 Å². The van der Waals surface area contributed by atoms with E-state index in [2.05, 4.69) is 4.99 Å². The van der Waals surface area contributed by atoms with Crippen LogP contribution in [0.4, 0.5) is 15.8 Å². The molecule has 0 fully saturated rings. The van der Waals surface area contributed by atoms with Crippen molar-refractivity contribution in [3.8, 4) is 0 Å². The molecule has 1 atom stereocenters. The minimum Gasteiger partial charge on any atom is -0.461 e. The van der Waals surface area contributed by atoms with E-state index in [1.54, 1.807) is 25.1 Å². The van der Waals surface area contributed by atoms with Crippen molar-refractivity contribution in [3.05, 3.63) is 70.3 Å². The topological polar surface area (TPSA) is 46.3 Å². The molecular weight excluding hydrogens is 381 g/mol. The molecule has 2 aliphatic heterocycles. The Bertz CT molecular complexity index is 1020. The largest absolute Gasteiger partial charge is 0.461 e. The number of carbonyl (C=O) groups excluding carboxylic acids is 1. The highest BCUT2D eigenvalue weighted by atomic mass is 35.5. The van der Waals surface area contributed by atoms with Gasteiger partial charge in [-0.25, -0.2) is 14.1 Å². The Labute approximate surface area is 167 Å². The Morgan fingerprint density at radius 3 is 2.82 bits per heavy atom. The summed E-state index contributed by atoms with van der Waals surface area (Å²) in [5.41, 5.74) is 3.42. The predicted octanol–water partition coefficient (Wildman–Crippen LogP) is 3.22. The number of nitrogens with one attached hydrogen (secondary N) is 1. The van der Waals surface area contributed by atoms with Crippen LogP contribution >= 0.6 is 11.6 Å². The molecule has 5 nitrogen and oxygen atoms in total. The summed E-state index contributed by atoms with van der Waals surface area (Å²) in [6, 6.07) is 12.3. The highest BCUT2D eigenvalue weighted by molar-refractivity contribution is 6.30. The lowest BCUT2D eigenvalue weighted by Gasteiger charge is -2.23. The third-order valence-corrected chi connectivity index (χ3v) is 5.17. The van der Waals surface area contributed by atoms with E-state index in [0.717, 1.165) is 27.7 Å². The molecule has 1 N–H and O–H groups in total. The van der Waals surface area contributed by atoms with Crippen molar-refractivity contribution in [2.45, 2.75) is 20.4 Å². The monoisotopic (exact) mass is 400 g/mol. The van der Waals surface area contributed by atoms with Gasteiger partial charge in [-0.3, -0.25) is 0 Å². The second kappa shape index (κ2) is 7.37. The number of benzene rings is 2. The van der Waals surface area contributed by atoms with Gasteiger partial charge in [-0.2, -0.15) is 4.99 Å². The highest BCUT2D eigenvalue weighted by Gasteiger charge is 2.40. The summed E-state index contributed by atoms with van der Waals surface area (Å²) < 4.78 is 19.8. The van der Waals surface area contributed by atoms with Crippen LogP contribution in [0.5, 0.6) is 0 Å². The van der Waals surface area contributed by atoms with Gasteiger partial charge >= 0.3 is 5.97 Å². The molecule has 1 unspecified atom stereocenters. The maximum absolute atomic E-state index is 14.5. The number of quaternary nitrogens is 1. The smallest absolute Gasteiger partial charge is 0.363 e. The number of anilines is 1. The quantitative estimate of drug-likeness (QED) is 0.805. The van der Waals surface area contributed by atoms with Gasteiger partial charge in [0.15, 0.2) is 5.70 Å². The summed E-state index contributed by atoms with van der Waals surface area (Å²) in [5, 5.41) is 0.610. The van der Waals surface area contributed by atoms with Gasteiger partial charge in [-0.05, 0) is 31.2 Å². The van der Waals surface area contributed by atoms with Gasteiger partial charge in [-0.15, -0.1) is 0 Å². The molecule has 2 aromatic rings. The van der Waals surface area contributed by atoms with E-state index in [9.17, 15) is 9.18 Å². The Morgan fingerprint density at radius 2 is 2.07 bits per heavy atom. The van der Waals surface area contributed by atoms with Crippen LogP contribution in [0.1, 0.15) is 19.4 Å². The number of rotatable bonds is 3. The van der Waals surface area contributed by atoms with Crippen molar-refractivity contribution in [3.63, 3.8) is 0 Å². The normalized spacial score (nSPS) is 18.4. The molecule has 0 aromatic heterocycles. The van der Waals surface area contributed by atoms with Gasteiger partial charge in [0.1, 0.15) is 11.5 Å². The second-order valence-corrected chi connectivity index (χ2v) is 7.17. The Balaban J connectivity index is 1.89. The molecule has 0 radical (unpaired) electrons. The SMILES string of the molecule is CCOC(=O)C1=C2CN(c3ccccc3F)Cc3cc(Cl)ccc3[NH+]2C(C)=N1. The molecule has 2 aliphatic rings. The van der Waals surface area contributed by atoms with Crippen LogP contribution in [0.25, 0.3) is 0 Å². The number of para-hydroxylation sites is 1. The third-order valence-electron chi connectivity index (χ3n) is 4.94. The number of aliphatic imine (C=N–C) groups is 1. The molecule has 2 heterocycles. The lowest BCUT2D eigenvalue weighted by molar-refractivity contribution is -0.682. The first-order valence-electron chi connectivity index (χ1n) is 9.11. The van der Waals surface area contributed by atoms with E-state index < -0.39 is 5.97 Å². The number of hydrogen-bond donors (Lipinski definition) is 1. The lowest BCUT2D eigenvalue weighted by Crippen LogP contribution is -3.07. The zero-order chi connectivity index (χ0) is 19.8. The van der Waals surface area contributed by atoms with Gasteiger partial charge < -0.3 is 9.64 Å². The summed E-state index contributed by atoms with van der Waals surface area (Å²) in [5.74, 6) is -0.0294. The van der Waals surface area contributed by atoms with Crippen LogP contribution in [0.3, 0.4) is 0 Å². The van der Waals surface area contributed by atoms with E-state index in [1.165, 1.54) is 6.07 Å². The van der Waals surface area contributed by atoms with Crippen LogP contribution in [-0.2, 0) is 16.1 Å². The molecule has 0 aliphatic carbocycles. The molecular formula is C21H20ClFN3O2+. The van der Waals surface area contributed by atoms with Crippen molar-refractivity contribution in [1.29, 1.82) is 0 Å². The summed E-state index contributed by atoms with van der Waals surface area (Å²) >= 11 is 6.24. The van der Waals surface area contributed by atoms with Crippen LogP contribution in [0, 0.1) is 5.82 Å². The average Bonchev–Trinajstić information content (AvgIpc) is 2.88. The van der Waals surface area contributed by atoms with Crippen molar-refractivity contribution >= 4 is 34.8 Å². The highest BCUT2D eigenvalue weighted by Crippen LogP contribution is 2.30. The molecule has 2 aromatic carbocycles. The van der Waals surface area contributed by atoms with Crippen molar-refractivity contribution in [2.75, 3.05) is 18.1 Å². The fourth-order valence-corrected chi connectivity index (χ4v) is 3.97. The number of ether oxygens (including phenoxy) is 1. The van der Waals surface area contributed by atoms with E-state index in [1.807, 2.05) is 30.0 Å². The molecule has 7 heteroatoms. The molecule has 0 spiro atoms. The number of fused-ring (bicyclic) bond motifs is 3. The van der Waals surface area contributed by atoms with Gasteiger partial charge in [-0.1, -0.05) is 23.7 Å². The standard InChI is InChI=1S/C21H19ClFN3O2/c1-3-28-21(27)20-19-12-25(18-7-5-4-6-16(18)23)11-14-10-15(22)8-9-17(14)26(19)13(2)24-20/h4-10H,3,11-12H2,1-2H3/p+1. The number of carbonyl (C=O) groups is 1. The molecule has 28 heavy (non-hydrogen) atoms. The number of hydrogen-bond acceptors (Lipinski definition) is 4. The first-order chi connectivity index (χ1) is 13.5. The maximum atomic E-state index is 14.5. The Morgan fingerprint density at radius 1 is 1.29 bits per heavy atom. The second-order valence-electron chi connectivity index (χ2n) is 6.73. The predicted molar refractivity (Wildman–Crippen MR) is 106 cm³/mol. The minimum absolute atomic E-state index is 0.267. The van der Waals surface area contributed by atoms with Gasteiger partial charge in [0.05, 0.1) is 18.8 Å². The fourth-order valence-electron chi connectivity index (χ4n) is 3.78. The van der Waals surface area contributed by atoms with Gasteiger partial charge in [0.25, 0.3) is 0 Å². The first-order valence-corrected chi connectivity index (χ1v) is 9.49. The molecule has 0 bridgehead atoms. The zero-order valence-corrected chi connectivity index (χ0v) is 16.4. The van der Waals surface area contributed by atoms with E-state index >= 15 is 0 Å². The van der Waals surface area contributed by atoms with Crippen molar-refractivity contribution in [1.82, 2.24) is 0 Å². The summed E-state index contributed by atoms with van der Waals surface area (Å²) in [6.45, 7) is 4.71. The number of halogens is 2. The summed E-state index contributed by atoms with van der Waals surface area (Å²) in [6.07, 6.45) is 0. The maximum Gasteiger partial charge on any atom is 0.363 e. The molecule has 0 saturated carbocycles.